The summed E-state index contributed by atoms with van der Waals surface area (Å²) in [4.78, 5) is 32.0. The molecular weight excluding hydrogens is 206 g/mol. The fourth-order valence-electron chi connectivity index (χ4n) is 1.63. The van der Waals surface area contributed by atoms with Crippen molar-refractivity contribution in [2.45, 2.75) is 12.5 Å². The topological polar surface area (TPSA) is 124 Å². The van der Waals surface area contributed by atoms with Gasteiger partial charge in [0.05, 0.1) is 11.8 Å². The van der Waals surface area contributed by atoms with Gasteiger partial charge in [-0.05, 0) is 6.42 Å². The van der Waals surface area contributed by atoms with Crippen LogP contribution in [0.15, 0.2) is 0 Å². The zero-order chi connectivity index (χ0) is 11.6. The Labute approximate surface area is 84.7 Å². The van der Waals surface area contributed by atoms with Crippen LogP contribution < -0.4 is 5.32 Å². The molecule has 1 aliphatic heterocycles. The van der Waals surface area contributed by atoms with Crippen LogP contribution in [0.2, 0.25) is 0 Å². The van der Waals surface area contributed by atoms with Crippen LogP contribution in [-0.4, -0.2) is 45.8 Å². The van der Waals surface area contributed by atoms with Crippen molar-refractivity contribution < 1.29 is 29.7 Å². The van der Waals surface area contributed by atoms with Crippen molar-refractivity contribution in [2.75, 3.05) is 6.54 Å². The van der Waals surface area contributed by atoms with E-state index in [1.807, 2.05) is 0 Å². The molecule has 0 unspecified atom stereocenters. The second-order valence-corrected chi connectivity index (χ2v) is 3.44. The molecule has 0 aromatic rings. The highest BCUT2D eigenvalue weighted by atomic mass is 16.4. The van der Waals surface area contributed by atoms with Gasteiger partial charge in [0.25, 0.3) is 0 Å². The summed E-state index contributed by atoms with van der Waals surface area (Å²) in [6, 6.07) is -1.21. The van der Waals surface area contributed by atoms with E-state index in [-0.39, 0.29) is 13.0 Å². The molecule has 1 saturated heterocycles. The number of rotatable bonds is 3. The maximum absolute atomic E-state index is 10.7. The highest BCUT2D eigenvalue weighted by Crippen LogP contribution is 2.22. The first-order valence-electron chi connectivity index (χ1n) is 4.35. The molecule has 0 bridgehead atoms. The average molecular weight is 217 g/mol. The number of carboxylic acids is 3. The molecule has 1 heterocycles. The molecular formula is C8H11NO6. The van der Waals surface area contributed by atoms with Crippen LogP contribution in [0.1, 0.15) is 6.42 Å². The monoisotopic (exact) mass is 217 g/mol. The molecule has 84 valence electrons. The molecule has 15 heavy (non-hydrogen) atoms. The summed E-state index contributed by atoms with van der Waals surface area (Å²) >= 11 is 0. The van der Waals surface area contributed by atoms with E-state index in [9.17, 15) is 14.4 Å². The molecule has 4 N–H and O–H groups in total. The van der Waals surface area contributed by atoms with Crippen LogP contribution in [0.25, 0.3) is 0 Å². The first-order chi connectivity index (χ1) is 6.93. The van der Waals surface area contributed by atoms with Crippen LogP contribution >= 0.6 is 0 Å². The third-order valence-electron chi connectivity index (χ3n) is 2.46. The Balaban J connectivity index is 2.78. The second kappa shape index (κ2) is 4.26. The van der Waals surface area contributed by atoms with Gasteiger partial charge < -0.3 is 20.6 Å². The van der Waals surface area contributed by atoms with Crippen LogP contribution in [0.4, 0.5) is 0 Å². The van der Waals surface area contributed by atoms with Gasteiger partial charge >= 0.3 is 17.9 Å². The van der Waals surface area contributed by atoms with Crippen molar-refractivity contribution in [2.24, 2.45) is 11.8 Å². The zero-order valence-electron chi connectivity index (χ0n) is 7.71. The molecule has 1 rings (SSSR count). The molecule has 0 spiro atoms. The molecule has 0 saturated carbocycles. The average Bonchev–Trinajstić information content (AvgIpc) is 2.16. The molecule has 3 atom stereocenters. The summed E-state index contributed by atoms with van der Waals surface area (Å²) in [6.07, 6.45) is -0.158. The van der Waals surface area contributed by atoms with Crippen LogP contribution in [0.5, 0.6) is 0 Å². The summed E-state index contributed by atoms with van der Waals surface area (Å²) < 4.78 is 0. The Morgan fingerprint density at radius 3 is 2.00 bits per heavy atom. The maximum Gasteiger partial charge on any atom is 0.321 e. The molecule has 0 aliphatic carbocycles. The first kappa shape index (κ1) is 11.4. The third-order valence-corrected chi connectivity index (χ3v) is 2.46. The van der Waals surface area contributed by atoms with Gasteiger partial charge in [0.2, 0.25) is 0 Å². The lowest BCUT2D eigenvalue weighted by atomic mass is 9.84. The molecule has 1 aliphatic rings. The molecule has 7 heteroatoms. The molecule has 0 radical (unpaired) electrons. The Bertz CT molecular complexity index is 302. The maximum atomic E-state index is 10.7. The van der Waals surface area contributed by atoms with Crippen molar-refractivity contribution in [3.8, 4) is 0 Å². The second-order valence-electron chi connectivity index (χ2n) is 3.44. The number of aliphatic carboxylic acids is 3. The van der Waals surface area contributed by atoms with Crippen LogP contribution in [0.3, 0.4) is 0 Å². The van der Waals surface area contributed by atoms with Crippen molar-refractivity contribution in [1.29, 1.82) is 0 Å². The minimum Gasteiger partial charge on any atom is -0.481 e. The van der Waals surface area contributed by atoms with E-state index in [1.165, 1.54) is 0 Å². The molecule has 7 nitrogen and oxygen atoms in total. The minimum absolute atomic E-state index is 0.0178. The molecule has 0 aromatic carbocycles. The van der Waals surface area contributed by atoms with Gasteiger partial charge in [0.1, 0.15) is 6.04 Å². The van der Waals surface area contributed by atoms with Crippen molar-refractivity contribution in [1.82, 2.24) is 5.32 Å². The van der Waals surface area contributed by atoms with Gasteiger partial charge in [0, 0.05) is 6.54 Å². The van der Waals surface area contributed by atoms with Gasteiger partial charge in [0.15, 0.2) is 0 Å². The first-order valence-corrected chi connectivity index (χ1v) is 4.35. The Kier molecular flexibility index (Phi) is 3.25. The van der Waals surface area contributed by atoms with E-state index >= 15 is 0 Å². The van der Waals surface area contributed by atoms with Crippen LogP contribution in [0, 0.1) is 11.8 Å². The summed E-state index contributed by atoms with van der Waals surface area (Å²) in [5.41, 5.74) is 0. The smallest absolute Gasteiger partial charge is 0.321 e. The summed E-state index contributed by atoms with van der Waals surface area (Å²) in [5, 5.41) is 28.6. The number of hydrogen-bond acceptors (Lipinski definition) is 4. The van der Waals surface area contributed by atoms with E-state index < -0.39 is 35.8 Å². The van der Waals surface area contributed by atoms with Gasteiger partial charge in [-0.3, -0.25) is 14.4 Å². The Morgan fingerprint density at radius 2 is 1.60 bits per heavy atom. The normalized spacial score (nSPS) is 30.8. The number of carbonyl (C=O) groups is 3. The fraction of sp³-hybridized carbons (Fsp3) is 0.625. The van der Waals surface area contributed by atoms with E-state index in [0.29, 0.717) is 0 Å². The lowest BCUT2D eigenvalue weighted by molar-refractivity contribution is -0.156. The van der Waals surface area contributed by atoms with Crippen LogP contribution in [-0.2, 0) is 14.4 Å². The van der Waals surface area contributed by atoms with E-state index in [2.05, 4.69) is 5.32 Å². The molecule has 0 amide bonds. The van der Waals surface area contributed by atoms with Gasteiger partial charge in [-0.2, -0.15) is 0 Å². The highest BCUT2D eigenvalue weighted by Gasteiger charge is 2.41. The molecule has 1 fully saturated rings. The van der Waals surface area contributed by atoms with Gasteiger partial charge in [-0.25, -0.2) is 0 Å². The molecule has 0 aromatic heterocycles. The Morgan fingerprint density at radius 1 is 1.00 bits per heavy atom. The number of nitrogens with one attached hydrogen (secondary N) is 1. The lowest BCUT2D eigenvalue weighted by Crippen LogP contribution is -2.53. The summed E-state index contributed by atoms with van der Waals surface area (Å²) in [5.74, 6) is -5.72. The Hall–Kier alpha value is -1.63. The number of hydrogen-bond donors (Lipinski definition) is 4. The van der Waals surface area contributed by atoms with Gasteiger partial charge in [-0.1, -0.05) is 0 Å². The van der Waals surface area contributed by atoms with Gasteiger partial charge in [-0.15, -0.1) is 0 Å². The van der Waals surface area contributed by atoms with E-state index in [4.69, 9.17) is 15.3 Å². The van der Waals surface area contributed by atoms with Crippen molar-refractivity contribution in [3.63, 3.8) is 0 Å². The lowest BCUT2D eigenvalue weighted by Gasteiger charge is -2.30. The van der Waals surface area contributed by atoms with Crippen molar-refractivity contribution >= 4 is 17.9 Å². The zero-order valence-corrected chi connectivity index (χ0v) is 7.71. The van der Waals surface area contributed by atoms with E-state index in [0.717, 1.165) is 0 Å². The fourth-order valence-corrected chi connectivity index (χ4v) is 1.63. The largest absolute Gasteiger partial charge is 0.481 e. The number of piperidine rings is 1. The van der Waals surface area contributed by atoms with E-state index in [1.54, 1.807) is 0 Å². The predicted molar refractivity (Wildman–Crippen MR) is 46.3 cm³/mol. The third kappa shape index (κ3) is 2.44. The summed E-state index contributed by atoms with van der Waals surface area (Å²) in [6.45, 7) is -0.0178. The predicted octanol–water partition coefficient (Wildman–Crippen LogP) is -1.17. The SMILES string of the molecule is O=C(O)[C@H]1CN[C@@H](C(=O)O)[C@H](C(=O)O)C1. The summed E-state index contributed by atoms with van der Waals surface area (Å²) in [7, 11) is 0. The highest BCUT2D eigenvalue weighted by molar-refractivity contribution is 5.84. The standard InChI is InChI=1S/C8H11NO6/c10-6(11)3-1-4(7(12)13)5(8(14)15)9-2-3/h3-5,9H,1-2H2,(H,10,11)(H,12,13)(H,14,15)/t3-,4-,5-/m1/s1. The number of carboxylic acid groups (broad SMARTS) is 3. The quantitative estimate of drug-likeness (QED) is 0.469. The minimum atomic E-state index is -1.29. The van der Waals surface area contributed by atoms with Crippen molar-refractivity contribution in [3.05, 3.63) is 0 Å².